The van der Waals surface area contributed by atoms with Crippen LogP contribution in [-0.4, -0.2) is 29.7 Å². The van der Waals surface area contributed by atoms with Crippen molar-refractivity contribution in [1.29, 1.82) is 0 Å². The molecule has 1 aliphatic heterocycles. The van der Waals surface area contributed by atoms with E-state index in [1.54, 1.807) is 18.5 Å². The summed E-state index contributed by atoms with van der Waals surface area (Å²) in [7, 11) is 1.39. The number of carbonyl (C=O) groups is 1. The Morgan fingerprint density at radius 1 is 1.05 bits per heavy atom. The minimum Gasteiger partial charge on any atom is -0.492 e. The van der Waals surface area contributed by atoms with E-state index in [4.69, 9.17) is 14.2 Å². The fourth-order valence-corrected chi connectivity index (χ4v) is 6.05. The van der Waals surface area contributed by atoms with Crippen molar-refractivity contribution in [2.24, 2.45) is 0 Å². The van der Waals surface area contributed by atoms with Gasteiger partial charge in [-0.25, -0.2) is 4.39 Å². The highest BCUT2D eigenvalue weighted by molar-refractivity contribution is 5.79. The lowest BCUT2D eigenvalue weighted by molar-refractivity contribution is -0.141. The van der Waals surface area contributed by atoms with Crippen molar-refractivity contribution >= 4 is 5.97 Å². The summed E-state index contributed by atoms with van der Waals surface area (Å²) >= 11 is 0. The zero-order valence-electron chi connectivity index (χ0n) is 23.1. The van der Waals surface area contributed by atoms with Gasteiger partial charge >= 0.3 is 5.97 Å². The predicted octanol–water partition coefficient (Wildman–Crippen LogP) is 6.98. The number of hydrogen-bond donors (Lipinski definition) is 0. The normalized spacial score (nSPS) is 17.2. The molecular formula is C33H31FN2O4. The first-order chi connectivity index (χ1) is 19.3. The minimum absolute atomic E-state index is 0.0420. The number of nitrogens with zero attached hydrogens (tertiary/aromatic N) is 2. The number of rotatable bonds is 6. The zero-order valence-corrected chi connectivity index (χ0v) is 23.1. The number of halogens is 1. The Bertz CT molecular complexity index is 1590. The minimum atomic E-state index is -0.400. The Balaban J connectivity index is 1.29. The van der Waals surface area contributed by atoms with Crippen LogP contribution in [0.2, 0.25) is 0 Å². The first-order valence-corrected chi connectivity index (χ1v) is 13.5. The maximum absolute atomic E-state index is 15.3. The first-order valence-electron chi connectivity index (χ1n) is 13.5. The lowest BCUT2D eigenvalue weighted by Gasteiger charge is -2.19. The number of carbonyl (C=O) groups excluding carboxylic acids is 1. The summed E-state index contributed by atoms with van der Waals surface area (Å²) < 4.78 is 32.3. The van der Waals surface area contributed by atoms with Crippen molar-refractivity contribution in [3.8, 4) is 33.9 Å². The third-order valence-corrected chi connectivity index (χ3v) is 7.95. The van der Waals surface area contributed by atoms with Gasteiger partial charge in [0.1, 0.15) is 23.4 Å². The van der Waals surface area contributed by atoms with Gasteiger partial charge in [-0.2, -0.15) is 0 Å². The van der Waals surface area contributed by atoms with Crippen LogP contribution in [0.15, 0.2) is 54.9 Å². The Morgan fingerprint density at radius 3 is 2.58 bits per heavy atom. The van der Waals surface area contributed by atoms with E-state index in [1.165, 1.54) is 7.11 Å². The van der Waals surface area contributed by atoms with Crippen molar-refractivity contribution in [3.05, 3.63) is 94.2 Å². The molecule has 0 fully saturated rings. The third-order valence-electron chi connectivity index (χ3n) is 7.95. The second-order valence-electron chi connectivity index (χ2n) is 10.6. The molecule has 3 aromatic carbocycles. The number of hydrogen-bond acceptors (Lipinski definition) is 6. The molecule has 0 amide bonds. The van der Waals surface area contributed by atoms with Crippen molar-refractivity contribution in [2.75, 3.05) is 13.7 Å². The molecule has 1 aromatic heterocycles. The van der Waals surface area contributed by atoms with Crippen LogP contribution < -0.4 is 9.47 Å². The fraction of sp³-hybridized carbons (Fsp3) is 0.303. The fourth-order valence-electron chi connectivity index (χ4n) is 6.05. The lowest BCUT2D eigenvalue weighted by atomic mass is 9.88. The van der Waals surface area contributed by atoms with Crippen molar-refractivity contribution in [2.45, 2.75) is 52.1 Å². The second-order valence-corrected chi connectivity index (χ2v) is 10.6. The van der Waals surface area contributed by atoms with E-state index in [0.717, 1.165) is 56.8 Å². The van der Waals surface area contributed by atoms with Crippen LogP contribution in [0, 0.1) is 26.6 Å². The van der Waals surface area contributed by atoms with Gasteiger partial charge in [0.15, 0.2) is 0 Å². The molecule has 40 heavy (non-hydrogen) atoms. The maximum atomic E-state index is 15.3. The molecule has 6 rings (SSSR count). The maximum Gasteiger partial charge on any atom is 0.306 e. The molecule has 1 aliphatic carbocycles. The SMILES string of the molecule is COC(=O)CC1COc2cc(O[C@@H]3CCc4c(-c5c(C)cc(-c6cnc(C)cn6)cc5C)ccc(F)c43)ccc21. The molecular weight excluding hydrogens is 507 g/mol. The van der Waals surface area contributed by atoms with Gasteiger partial charge < -0.3 is 14.2 Å². The Labute approximate surface area is 233 Å². The third kappa shape index (κ3) is 4.70. The molecule has 0 bridgehead atoms. The topological polar surface area (TPSA) is 70.5 Å². The summed E-state index contributed by atoms with van der Waals surface area (Å²) in [6.45, 7) is 6.52. The van der Waals surface area contributed by atoms with Crippen LogP contribution in [0.1, 0.15) is 58.4 Å². The summed E-state index contributed by atoms with van der Waals surface area (Å²) in [5, 5.41) is 0. The number of ether oxygens (including phenoxy) is 3. The van der Waals surface area contributed by atoms with E-state index in [0.29, 0.717) is 30.1 Å². The molecule has 0 N–H and O–H groups in total. The summed E-state index contributed by atoms with van der Waals surface area (Å²) in [6.07, 6.45) is 4.84. The molecule has 204 valence electrons. The molecule has 0 saturated heterocycles. The number of aromatic nitrogens is 2. The van der Waals surface area contributed by atoms with E-state index in [-0.39, 0.29) is 24.1 Å². The summed E-state index contributed by atoms with van der Waals surface area (Å²) in [4.78, 5) is 20.7. The molecule has 2 atom stereocenters. The Morgan fingerprint density at radius 2 is 1.85 bits per heavy atom. The number of fused-ring (bicyclic) bond motifs is 2. The highest BCUT2D eigenvalue weighted by Crippen LogP contribution is 2.45. The predicted molar refractivity (Wildman–Crippen MR) is 150 cm³/mol. The second kappa shape index (κ2) is 10.4. The average molecular weight is 539 g/mol. The van der Waals surface area contributed by atoms with Gasteiger partial charge in [0, 0.05) is 34.9 Å². The molecule has 0 radical (unpaired) electrons. The van der Waals surface area contributed by atoms with E-state index in [2.05, 4.69) is 35.9 Å². The zero-order chi connectivity index (χ0) is 28.0. The highest BCUT2D eigenvalue weighted by Gasteiger charge is 2.32. The molecule has 0 saturated carbocycles. The Kier molecular flexibility index (Phi) is 6.74. The highest BCUT2D eigenvalue weighted by atomic mass is 19.1. The molecule has 2 heterocycles. The summed E-state index contributed by atoms with van der Waals surface area (Å²) in [5.74, 6) is 0.761. The van der Waals surface area contributed by atoms with Gasteiger partial charge in [-0.1, -0.05) is 12.1 Å². The molecule has 4 aromatic rings. The van der Waals surface area contributed by atoms with Gasteiger partial charge in [0.05, 0.1) is 37.7 Å². The van der Waals surface area contributed by atoms with Crippen LogP contribution >= 0.6 is 0 Å². The standard InChI is InChI=1S/C33H31FN2O4/c1-18-11-21(28-16-35-20(3)15-36-28)12-19(2)32(18)25-7-9-27(34)33-26(25)8-10-29(33)40-23-5-6-24-22(13-31(37)38-4)17-39-30(24)14-23/h5-7,9,11-12,14-16,22,29H,8,10,13,17H2,1-4H3/t22?,29-/m1/s1. The van der Waals surface area contributed by atoms with Crippen LogP contribution in [0.5, 0.6) is 11.5 Å². The van der Waals surface area contributed by atoms with Crippen molar-refractivity contribution < 1.29 is 23.4 Å². The monoisotopic (exact) mass is 538 g/mol. The van der Waals surface area contributed by atoms with E-state index < -0.39 is 6.10 Å². The van der Waals surface area contributed by atoms with E-state index >= 15 is 4.39 Å². The van der Waals surface area contributed by atoms with Gasteiger partial charge in [-0.15, -0.1) is 0 Å². The first kappa shape index (κ1) is 26.0. The molecule has 0 spiro atoms. The van der Waals surface area contributed by atoms with Gasteiger partial charge in [0.2, 0.25) is 0 Å². The number of aryl methyl sites for hydroxylation is 3. The van der Waals surface area contributed by atoms with Crippen LogP contribution in [0.4, 0.5) is 4.39 Å². The molecule has 7 heteroatoms. The van der Waals surface area contributed by atoms with Crippen LogP contribution in [-0.2, 0) is 16.0 Å². The average Bonchev–Trinajstić information content (AvgIpc) is 3.54. The van der Waals surface area contributed by atoms with Gasteiger partial charge in [0.25, 0.3) is 0 Å². The molecule has 2 aliphatic rings. The van der Waals surface area contributed by atoms with Gasteiger partial charge in [-0.05, 0) is 85.7 Å². The molecule has 6 nitrogen and oxygen atoms in total. The van der Waals surface area contributed by atoms with E-state index in [1.807, 2.05) is 31.2 Å². The van der Waals surface area contributed by atoms with Gasteiger partial charge in [-0.3, -0.25) is 14.8 Å². The smallest absolute Gasteiger partial charge is 0.306 e. The van der Waals surface area contributed by atoms with Crippen LogP contribution in [0.25, 0.3) is 22.4 Å². The molecule has 1 unspecified atom stereocenters. The lowest BCUT2D eigenvalue weighted by Crippen LogP contribution is -2.09. The quantitative estimate of drug-likeness (QED) is 0.247. The number of methoxy groups -OCH3 is 1. The number of esters is 1. The van der Waals surface area contributed by atoms with Crippen LogP contribution in [0.3, 0.4) is 0 Å². The van der Waals surface area contributed by atoms with E-state index in [9.17, 15) is 4.79 Å². The number of benzene rings is 3. The van der Waals surface area contributed by atoms with Crippen molar-refractivity contribution in [1.82, 2.24) is 9.97 Å². The summed E-state index contributed by atoms with van der Waals surface area (Å²) in [5.41, 5.74) is 9.66. The summed E-state index contributed by atoms with van der Waals surface area (Å²) in [6, 6.07) is 13.3. The largest absolute Gasteiger partial charge is 0.492 e. The Hall–Kier alpha value is -4.26. The van der Waals surface area contributed by atoms with Crippen molar-refractivity contribution in [3.63, 3.8) is 0 Å².